The fourth-order valence-corrected chi connectivity index (χ4v) is 7.91. The molecule has 1 aliphatic rings. The van der Waals surface area contributed by atoms with Crippen molar-refractivity contribution in [2.75, 3.05) is 39.6 Å². The number of hydrogen-bond acceptors (Lipinski definition) is 11. The number of ether oxygens (including phenoxy) is 4. The normalized spacial score (nSPS) is 21.0. The van der Waals surface area contributed by atoms with E-state index in [1.165, 1.54) is 116 Å². The minimum absolute atomic E-state index is 0.268. The number of aliphatic hydroxyl groups excluding tert-OH is 6. The van der Waals surface area contributed by atoms with E-state index in [1.807, 2.05) is 0 Å². The Kier molecular flexibility index (Phi) is 38.8. The first-order valence-corrected chi connectivity index (χ1v) is 25.0. The summed E-state index contributed by atoms with van der Waals surface area (Å²) in [5, 5.41) is 65.2. The molecule has 0 bridgehead atoms. The molecule has 358 valence electrons. The Labute approximate surface area is 366 Å². The molecule has 7 N–H and O–H groups in total. The Hall–Kier alpha value is -0.930. The topological polar surface area (TPSA) is 187 Å². The molecule has 0 aromatic heterocycles. The molecular formula is C48H95NO11. The van der Waals surface area contributed by atoms with Gasteiger partial charge in [0.1, 0.15) is 30.5 Å². The van der Waals surface area contributed by atoms with Crippen LogP contribution in [0.25, 0.3) is 0 Å². The SMILES string of the molecule is CCCCCCCCCCCCCC[C@@H](O)[C@@H](O)[C@H](CO[C@H]1O[C@H](CO)[C@H](O)[C@H](O)[C@H]1O)NC(=O)CCCCCCCCCCCOCCCCCCCCCOCCC. The second-order valence-electron chi connectivity index (χ2n) is 17.6. The molecule has 1 heterocycles. The third kappa shape index (κ3) is 30.2. The van der Waals surface area contributed by atoms with E-state index < -0.39 is 55.6 Å². The van der Waals surface area contributed by atoms with Gasteiger partial charge in [-0.25, -0.2) is 0 Å². The van der Waals surface area contributed by atoms with E-state index in [0.29, 0.717) is 12.8 Å². The maximum absolute atomic E-state index is 13.0. The van der Waals surface area contributed by atoms with Crippen molar-refractivity contribution in [1.82, 2.24) is 5.32 Å². The third-order valence-electron chi connectivity index (χ3n) is 11.9. The third-order valence-corrected chi connectivity index (χ3v) is 11.9. The highest BCUT2D eigenvalue weighted by Crippen LogP contribution is 2.23. The Morgan fingerprint density at radius 1 is 0.550 bits per heavy atom. The summed E-state index contributed by atoms with van der Waals surface area (Å²) in [6, 6.07) is -0.997. The summed E-state index contributed by atoms with van der Waals surface area (Å²) in [6.45, 7) is 7.00. The Morgan fingerprint density at radius 2 is 0.983 bits per heavy atom. The molecule has 1 fully saturated rings. The molecule has 1 saturated heterocycles. The smallest absolute Gasteiger partial charge is 0.220 e. The molecular weight excluding hydrogens is 767 g/mol. The van der Waals surface area contributed by atoms with E-state index in [4.69, 9.17) is 18.9 Å². The molecule has 8 atom stereocenters. The highest BCUT2D eigenvalue weighted by atomic mass is 16.7. The van der Waals surface area contributed by atoms with E-state index in [-0.39, 0.29) is 18.9 Å². The van der Waals surface area contributed by atoms with Crippen LogP contribution < -0.4 is 5.32 Å². The van der Waals surface area contributed by atoms with Crippen LogP contribution in [0.15, 0.2) is 0 Å². The van der Waals surface area contributed by atoms with Gasteiger partial charge in [-0.15, -0.1) is 0 Å². The lowest BCUT2D eigenvalue weighted by Gasteiger charge is -2.40. The van der Waals surface area contributed by atoms with Crippen LogP contribution >= 0.6 is 0 Å². The van der Waals surface area contributed by atoms with Crippen LogP contribution in [0.4, 0.5) is 0 Å². The van der Waals surface area contributed by atoms with Gasteiger partial charge in [0.25, 0.3) is 0 Å². The van der Waals surface area contributed by atoms with Crippen molar-refractivity contribution in [2.45, 2.75) is 262 Å². The van der Waals surface area contributed by atoms with E-state index in [0.717, 1.165) is 90.6 Å². The largest absolute Gasteiger partial charge is 0.394 e. The van der Waals surface area contributed by atoms with Gasteiger partial charge in [0, 0.05) is 32.8 Å². The first kappa shape index (κ1) is 57.1. The van der Waals surface area contributed by atoms with Gasteiger partial charge in [0.15, 0.2) is 6.29 Å². The Bertz CT molecular complexity index is 931. The fourth-order valence-electron chi connectivity index (χ4n) is 7.91. The summed E-state index contributed by atoms with van der Waals surface area (Å²) < 4.78 is 22.5. The second kappa shape index (κ2) is 40.8. The number of rotatable bonds is 44. The van der Waals surface area contributed by atoms with Crippen molar-refractivity contribution < 1.29 is 54.4 Å². The lowest BCUT2D eigenvalue weighted by molar-refractivity contribution is -0.303. The van der Waals surface area contributed by atoms with E-state index >= 15 is 0 Å². The molecule has 0 spiro atoms. The Morgan fingerprint density at radius 3 is 1.45 bits per heavy atom. The molecule has 0 aromatic rings. The first-order chi connectivity index (χ1) is 29.3. The predicted octanol–water partition coefficient (Wildman–Crippen LogP) is 8.18. The second-order valence-corrected chi connectivity index (χ2v) is 17.6. The van der Waals surface area contributed by atoms with Gasteiger partial charge in [-0.1, -0.05) is 168 Å². The van der Waals surface area contributed by atoms with Crippen LogP contribution in [0, 0.1) is 0 Å². The standard InChI is InChI=1S/C48H95NO11/c1-3-5-6-7-8-9-10-11-13-17-22-27-32-41(51)44(53)40(39-59-48-47(56)46(55)45(54)42(38-50)60-48)49-43(52)33-28-23-18-14-12-15-19-25-30-36-58-37-31-26-21-16-20-24-29-35-57-34-4-2/h40-42,44-48,50-51,53-56H,3-39H2,1-2H3,(H,49,52)/t40-,41+,42+,44-,45-,46-,47+,48-/m0/s1. The fraction of sp³-hybridized carbons (Fsp3) is 0.979. The molecule has 0 aromatic carbocycles. The summed E-state index contributed by atoms with van der Waals surface area (Å²) >= 11 is 0. The number of hydrogen-bond donors (Lipinski definition) is 7. The van der Waals surface area contributed by atoms with Crippen molar-refractivity contribution in [3.8, 4) is 0 Å². The van der Waals surface area contributed by atoms with Crippen LogP contribution in [-0.2, 0) is 23.7 Å². The number of unbranched alkanes of at least 4 members (excludes halogenated alkanes) is 25. The lowest BCUT2D eigenvalue weighted by atomic mass is 9.98. The average Bonchev–Trinajstić information content (AvgIpc) is 3.25. The maximum atomic E-state index is 13.0. The molecule has 0 aliphatic carbocycles. The van der Waals surface area contributed by atoms with E-state index in [1.54, 1.807) is 0 Å². The number of aliphatic hydroxyl groups is 6. The van der Waals surface area contributed by atoms with Crippen molar-refractivity contribution in [3.63, 3.8) is 0 Å². The zero-order chi connectivity index (χ0) is 43.9. The molecule has 0 unspecified atom stereocenters. The predicted molar refractivity (Wildman–Crippen MR) is 240 cm³/mol. The van der Waals surface area contributed by atoms with Gasteiger partial charge in [0.2, 0.25) is 5.91 Å². The zero-order valence-corrected chi connectivity index (χ0v) is 38.5. The van der Waals surface area contributed by atoms with E-state index in [9.17, 15) is 35.4 Å². The van der Waals surface area contributed by atoms with Gasteiger partial charge in [-0.05, 0) is 38.5 Å². The molecule has 1 aliphatic heterocycles. The van der Waals surface area contributed by atoms with Crippen LogP contribution in [0.2, 0.25) is 0 Å². The van der Waals surface area contributed by atoms with Gasteiger partial charge < -0.3 is 54.9 Å². The first-order valence-electron chi connectivity index (χ1n) is 25.0. The quantitative estimate of drug-likeness (QED) is 0.0293. The molecule has 1 amide bonds. The number of carbonyl (C=O) groups is 1. The van der Waals surface area contributed by atoms with Crippen LogP contribution in [0.1, 0.15) is 213 Å². The minimum Gasteiger partial charge on any atom is -0.394 e. The van der Waals surface area contributed by atoms with Crippen molar-refractivity contribution >= 4 is 5.91 Å². The summed E-state index contributed by atoms with van der Waals surface area (Å²) in [4.78, 5) is 13.0. The zero-order valence-electron chi connectivity index (χ0n) is 38.5. The van der Waals surface area contributed by atoms with Crippen LogP contribution in [0.3, 0.4) is 0 Å². The molecule has 1 rings (SSSR count). The molecule has 0 saturated carbocycles. The lowest BCUT2D eigenvalue weighted by Crippen LogP contribution is -2.60. The minimum atomic E-state index is -1.61. The monoisotopic (exact) mass is 862 g/mol. The summed E-state index contributed by atoms with van der Waals surface area (Å²) in [6.07, 6.45) is 24.8. The molecule has 0 radical (unpaired) electrons. The van der Waals surface area contributed by atoms with Crippen molar-refractivity contribution in [3.05, 3.63) is 0 Å². The van der Waals surface area contributed by atoms with Crippen molar-refractivity contribution in [1.29, 1.82) is 0 Å². The highest BCUT2D eigenvalue weighted by molar-refractivity contribution is 5.76. The van der Waals surface area contributed by atoms with Gasteiger partial charge in [-0.2, -0.15) is 0 Å². The van der Waals surface area contributed by atoms with Crippen molar-refractivity contribution in [2.24, 2.45) is 0 Å². The summed E-state index contributed by atoms with van der Waals surface area (Å²) in [5.74, 6) is -0.268. The molecule has 12 nitrogen and oxygen atoms in total. The van der Waals surface area contributed by atoms with Gasteiger partial charge in [0.05, 0.1) is 25.4 Å². The van der Waals surface area contributed by atoms with Crippen LogP contribution in [0.5, 0.6) is 0 Å². The summed E-state index contributed by atoms with van der Waals surface area (Å²) in [5.41, 5.74) is 0. The number of amides is 1. The number of nitrogens with one attached hydrogen (secondary N) is 1. The average molecular weight is 862 g/mol. The van der Waals surface area contributed by atoms with Gasteiger partial charge >= 0.3 is 0 Å². The number of carbonyl (C=O) groups excluding carboxylic acids is 1. The Balaban J connectivity index is 2.26. The van der Waals surface area contributed by atoms with Crippen LogP contribution in [-0.4, -0.2) is 125 Å². The summed E-state index contributed by atoms with van der Waals surface area (Å²) in [7, 11) is 0. The molecule has 12 heteroatoms. The maximum Gasteiger partial charge on any atom is 0.220 e. The van der Waals surface area contributed by atoms with E-state index in [2.05, 4.69) is 19.2 Å². The molecule has 60 heavy (non-hydrogen) atoms. The highest BCUT2D eigenvalue weighted by Gasteiger charge is 2.44. The van der Waals surface area contributed by atoms with Gasteiger partial charge in [-0.3, -0.25) is 4.79 Å².